The van der Waals surface area contributed by atoms with Gasteiger partial charge in [-0.05, 0) is 0 Å². The molecule has 0 aliphatic carbocycles. The third kappa shape index (κ3) is 4.85. The molecule has 4 heteroatoms. The number of rotatable bonds is 5. The minimum atomic E-state index is -0.314. The average Bonchev–Trinajstić information content (AvgIpc) is 2.50. The van der Waals surface area contributed by atoms with Gasteiger partial charge in [0.25, 0.3) is 0 Å². The zero-order valence-corrected chi connectivity index (χ0v) is 13.3. The summed E-state index contributed by atoms with van der Waals surface area (Å²) >= 11 is -0.151. The summed E-state index contributed by atoms with van der Waals surface area (Å²) < 4.78 is 19.8. The molecule has 0 atom stereocenters. The molecule has 2 rings (SSSR count). The van der Waals surface area contributed by atoms with Gasteiger partial charge in [-0.2, -0.15) is 0 Å². The monoisotopic (exact) mass is 350 g/mol. The maximum atomic E-state index is 12.9. The van der Waals surface area contributed by atoms with Crippen molar-refractivity contribution in [1.82, 2.24) is 0 Å². The Morgan fingerprint density at radius 2 is 1.81 bits per heavy atom. The van der Waals surface area contributed by atoms with Crippen molar-refractivity contribution in [2.75, 3.05) is 6.61 Å². The molecule has 0 spiro atoms. The Morgan fingerprint density at radius 1 is 1.14 bits per heavy atom. The molecule has 0 aromatic heterocycles. The Balaban J connectivity index is 2.27. The third-order valence-electron chi connectivity index (χ3n) is 2.62. The molecule has 2 aromatic rings. The van der Waals surface area contributed by atoms with Gasteiger partial charge in [-0.15, -0.1) is 0 Å². The predicted octanol–water partition coefficient (Wildman–Crippen LogP) is 2.76. The van der Waals surface area contributed by atoms with Gasteiger partial charge in [0.05, 0.1) is 0 Å². The summed E-state index contributed by atoms with van der Waals surface area (Å²) in [5.41, 5.74) is 0.789. The van der Waals surface area contributed by atoms with Crippen molar-refractivity contribution in [2.24, 2.45) is 0 Å². The Labute approximate surface area is 129 Å². The van der Waals surface area contributed by atoms with Gasteiger partial charge in [0.15, 0.2) is 0 Å². The molecular formula is C17H15FO2Se. The van der Waals surface area contributed by atoms with Gasteiger partial charge in [-0.3, -0.25) is 0 Å². The van der Waals surface area contributed by atoms with Crippen LogP contribution in [0.25, 0.3) is 6.08 Å². The Kier molecular flexibility index (Phi) is 5.73. The first-order valence-corrected chi connectivity index (χ1v) is 8.27. The fourth-order valence-corrected chi connectivity index (χ4v) is 3.51. The molecule has 0 saturated heterocycles. The first-order valence-electron chi connectivity index (χ1n) is 6.56. The molecule has 0 fully saturated rings. The van der Waals surface area contributed by atoms with Crippen LogP contribution in [0, 0.1) is 5.82 Å². The van der Waals surface area contributed by atoms with E-state index in [4.69, 9.17) is 4.74 Å². The van der Waals surface area contributed by atoms with Gasteiger partial charge in [0, 0.05) is 0 Å². The number of hydrogen-bond donors (Lipinski definition) is 0. The van der Waals surface area contributed by atoms with Crippen molar-refractivity contribution in [2.45, 2.75) is 6.92 Å². The molecule has 0 N–H and O–H groups in total. The van der Waals surface area contributed by atoms with Crippen LogP contribution in [0.15, 0.2) is 59.1 Å². The van der Waals surface area contributed by atoms with E-state index in [0.29, 0.717) is 11.1 Å². The number of carbonyl (C=O) groups is 1. The Morgan fingerprint density at radius 3 is 2.43 bits per heavy atom. The minimum absolute atomic E-state index is 0.151. The average molecular weight is 349 g/mol. The predicted molar refractivity (Wildman–Crippen MR) is 82.8 cm³/mol. The van der Waals surface area contributed by atoms with E-state index in [1.54, 1.807) is 25.1 Å². The molecule has 0 aliphatic heterocycles. The van der Waals surface area contributed by atoms with Gasteiger partial charge in [-0.1, -0.05) is 0 Å². The van der Waals surface area contributed by atoms with E-state index in [0.717, 1.165) is 10.0 Å². The van der Waals surface area contributed by atoms with E-state index in [-0.39, 0.29) is 26.7 Å². The van der Waals surface area contributed by atoms with Crippen LogP contribution in [-0.2, 0) is 9.53 Å². The van der Waals surface area contributed by atoms with E-state index in [1.165, 1.54) is 12.1 Å². The van der Waals surface area contributed by atoms with Crippen molar-refractivity contribution >= 4 is 31.5 Å². The summed E-state index contributed by atoms with van der Waals surface area (Å²) in [6.07, 6.45) is 1.77. The van der Waals surface area contributed by atoms with E-state index < -0.39 is 0 Å². The van der Waals surface area contributed by atoms with E-state index in [1.807, 2.05) is 30.3 Å². The van der Waals surface area contributed by atoms with Crippen LogP contribution in [0.5, 0.6) is 0 Å². The van der Waals surface area contributed by atoms with Gasteiger partial charge in [-0.25, -0.2) is 0 Å². The molecule has 0 aliphatic rings. The van der Waals surface area contributed by atoms with Crippen molar-refractivity contribution < 1.29 is 13.9 Å². The number of ether oxygens (including phenoxy) is 1. The summed E-state index contributed by atoms with van der Waals surface area (Å²) in [6.45, 7) is 2.12. The summed E-state index contributed by atoms with van der Waals surface area (Å²) in [5, 5.41) is 0. The quantitative estimate of drug-likeness (QED) is 0.471. The Bertz CT molecular complexity index is 621. The number of hydrogen-bond acceptors (Lipinski definition) is 2. The molecule has 0 bridgehead atoms. The van der Waals surface area contributed by atoms with E-state index in [9.17, 15) is 9.18 Å². The molecule has 0 saturated carbocycles. The van der Waals surface area contributed by atoms with E-state index in [2.05, 4.69) is 0 Å². The second-order valence-corrected chi connectivity index (χ2v) is 6.54. The van der Waals surface area contributed by atoms with Crippen LogP contribution < -0.4 is 4.46 Å². The van der Waals surface area contributed by atoms with Gasteiger partial charge in [0.2, 0.25) is 0 Å². The number of esters is 1. The van der Waals surface area contributed by atoms with Crippen LogP contribution in [0.1, 0.15) is 12.5 Å². The van der Waals surface area contributed by atoms with Gasteiger partial charge >= 0.3 is 129 Å². The molecule has 0 unspecified atom stereocenters. The standard InChI is InChI=1S/C17H15FO2Se/c1-2-20-17(19)16(21-15-6-4-3-5-7-15)12-13-8-10-14(18)11-9-13/h3-12H,2H2,1H3/b16-12-. The fraction of sp³-hybridized carbons (Fsp3) is 0.118. The number of carbonyl (C=O) groups excluding carboxylic acids is 1. The molecule has 0 radical (unpaired) electrons. The number of benzene rings is 2. The summed E-state index contributed by atoms with van der Waals surface area (Å²) in [4.78, 5) is 12.1. The molecule has 21 heavy (non-hydrogen) atoms. The van der Waals surface area contributed by atoms with Crippen molar-refractivity contribution in [3.8, 4) is 0 Å². The molecule has 2 nitrogen and oxygen atoms in total. The summed E-state index contributed by atoms with van der Waals surface area (Å²) in [7, 11) is 0. The zero-order valence-electron chi connectivity index (χ0n) is 11.6. The zero-order chi connectivity index (χ0) is 15.1. The molecule has 0 heterocycles. The summed E-state index contributed by atoms with van der Waals surface area (Å²) in [6, 6.07) is 15.8. The molecule has 2 aromatic carbocycles. The van der Waals surface area contributed by atoms with Crippen LogP contribution in [0.4, 0.5) is 4.39 Å². The maximum absolute atomic E-state index is 12.9. The molecule has 108 valence electrons. The fourth-order valence-electron chi connectivity index (χ4n) is 1.66. The SMILES string of the molecule is CCOC(=O)/C(=C/c1ccc(F)cc1)[Se]c1ccccc1. The second kappa shape index (κ2) is 7.77. The van der Waals surface area contributed by atoms with Crippen LogP contribution in [-0.4, -0.2) is 27.5 Å². The molecular weight excluding hydrogens is 334 g/mol. The number of halogens is 1. The molecule has 0 amide bonds. The first kappa shape index (κ1) is 15.5. The first-order chi connectivity index (χ1) is 10.2. The van der Waals surface area contributed by atoms with Gasteiger partial charge in [0.1, 0.15) is 0 Å². The summed E-state index contributed by atoms with van der Waals surface area (Å²) in [5.74, 6) is -0.607. The van der Waals surface area contributed by atoms with E-state index >= 15 is 0 Å². The normalized spacial score (nSPS) is 11.2. The second-order valence-electron chi connectivity index (χ2n) is 4.20. The van der Waals surface area contributed by atoms with Gasteiger partial charge < -0.3 is 0 Å². The van der Waals surface area contributed by atoms with Crippen molar-refractivity contribution in [3.63, 3.8) is 0 Å². The topological polar surface area (TPSA) is 26.3 Å². The Hall–Kier alpha value is -1.90. The van der Waals surface area contributed by atoms with Crippen LogP contribution in [0.3, 0.4) is 0 Å². The van der Waals surface area contributed by atoms with Crippen molar-refractivity contribution in [3.05, 3.63) is 70.4 Å². The van der Waals surface area contributed by atoms with Crippen LogP contribution >= 0.6 is 0 Å². The third-order valence-corrected chi connectivity index (χ3v) is 4.74. The van der Waals surface area contributed by atoms with Crippen LogP contribution in [0.2, 0.25) is 0 Å². The van der Waals surface area contributed by atoms with Crippen molar-refractivity contribution in [1.29, 1.82) is 0 Å².